The molecule has 4 nitrogen and oxygen atoms in total. The van der Waals surface area contributed by atoms with Crippen LogP contribution in [-0.4, -0.2) is 42.3 Å². The van der Waals surface area contributed by atoms with E-state index in [1.165, 1.54) is 5.39 Å². The number of fused-ring (bicyclic) bond motifs is 1. The Morgan fingerprint density at radius 2 is 2.05 bits per heavy atom. The monoisotopic (exact) mass is 288 g/mol. The Bertz CT molecular complexity index is 526. The van der Waals surface area contributed by atoms with Crippen molar-refractivity contribution in [3.63, 3.8) is 0 Å². The molecular weight excluding hydrogens is 264 g/mol. The van der Waals surface area contributed by atoms with Crippen LogP contribution in [0, 0.1) is 0 Å². The molecule has 21 heavy (non-hydrogen) atoms. The van der Waals surface area contributed by atoms with E-state index in [0.717, 1.165) is 63.3 Å². The molecule has 0 unspecified atom stereocenters. The second-order valence-electron chi connectivity index (χ2n) is 5.85. The molecule has 1 aromatic heterocycles. The predicted molar refractivity (Wildman–Crippen MR) is 84.2 cm³/mol. The van der Waals surface area contributed by atoms with Gasteiger partial charge in [-0.15, -0.1) is 0 Å². The van der Waals surface area contributed by atoms with Crippen LogP contribution in [0.4, 0.5) is 0 Å². The Kier molecular flexibility index (Phi) is 4.91. The number of rotatable bonds is 6. The van der Waals surface area contributed by atoms with E-state index in [-0.39, 0.29) is 6.10 Å². The van der Waals surface area contributed by atoms with Crippen LogP contribution in [0.3, 0.4) is 0 Å². The molecule has 1 saturated heterocycles. The highest BCUT2D eigenvalue weighted by molar-refractivity contribution is 5.77. The van der Waals surface area contributed by atoms with Gasteiger partial charge in [0.05, 0.1) is 12.6 Å². The summed E-state index contributed by atoms with van der Waals surface area (Å²) in [5.74, 6) is 0.997. The van der Waals surface area contributed by atoms with Crippen LogP contribution in [0.5, 0.6) is 0 Å². The second kappa shape index (κ2) is 7.07. The highest BCUT2D eigenvalue weighted by Crippen LogP contribution is 2.18. The zero-order chi connectivity index (χ0) is 14.5. The summed E-state index contributed by atoms with van der Waals surface area (Å²) < 4.78 is 5.78. The van der Waals surface area contributed by atoms with Crippen molar-refractivity contribution in [2.24, 2.45) is 0 Å². The van der Waals surface area contributed by atoms with Crippen molar-refractivity contribution >= 4 is 11.0 Å². The highest BCUT2D eigenvalue weighted by atomic mass is 16.3. The van der Waals surface area contributed by atoms with Crippen molar-refractivity contribution in [2.45, 2.75) is 31.9 Å². The quantitative estimate of drug-likeness (QED) is 0.801. The Hall–Kier alpha value is -1.36. The Morgan fingerprint density at radius 1 is 1.24 bits per heavy atom. The van der Waals surface area contributed by atoms with Gasteiger partial charge < -0.3 is 19.7 Å². The largest absolute Gasteiger partial charge is 0.460 e. The van der Waals surface area contributed by atoms with Gasteiger partial charge in [-0.05, 0) is 44.5 Å². The summed E-state index contributed by atoms with van der Waals surface area (Å²) in [5.41, 5.74) is 0.959. The number of nitrogens with one attached hydrogen (secondary N) is 1. The molecule has 4 heteroatoms. The minimum atomic E-state index is -0.0764. The lowest BCUT2D eigenvalue weighted by molar-refractivity contribution is 0.0821. The zero-order valence-corrected chi connectivity index (χ0v) is 12.4. The van der Waals surface area contributed by atoms with Crippen LogP contribution < -0.4 is 5.32 Å². The molecule has 1 aromatic carbocycles. The molecule has 114 valence electrons. The maximum Gasteiger partial charge on any atom is 0.134 e. The molecule has 0 radical (unpaired) electrons. The van der Waals surface area contributed by atoms with Crippen LogP contribution in [0.15, 0.2) is 34.7 Å². The van der Waals surface area contributed by atoms with E-state index in [1.807, 2.05) is 18.2 Å². The number of piperidine rings is 1. The molecule has 0 bridgehead atoms. The lowest BCUT2D eigenvalue weighted by Gasteiger charge is -2.29. The summed E-state index contributed by atoms with van der Waals surface area (Å²) in [6.45, 7) is 4.96. The third-order valence-corrected chi connectivity index (χ3v) is 4.16. The van der Waals surface area contributed by atoms with Gasteiger partial charge in [-0.25, -0.2) is 0 Å². The van der Waals surface area contributed by atoms with Crippen molar-refractivity contribution in [2.75, 3.05) is 26.2 Å². The number of benzene rings is 1. The van der Waals surface area contributed by atoms with E-state index in [1.54, 1.807) is 0 Å². The molecule has 0 amide bonds. The summed E-state index contributed by atoms with van der Waals surface area (Å²) >= 11 is 0. The van der Waals surface area contributed by atoms with Crippen LogP contribution >= 0.6 is 0 Å². The van der Waals surface area contributed by atoms with Crippen molar-refractivity contribution < 1.29 is 9.52 Å². The standard InChI is InChI=1S/C17H24N2O2/c20-15-6-10-19(11-7-15)9-3-8-18-13-16-12-14-4-1-2-5-17(14)21-16/h1-2,4-5,12,15,18,20H,3,6-11,13H2. The number of para-hydroxylation sites is 1. The molecule has 0 aliphatic carbocycles. The first kappa shape index (κ1) is 14.6. The molecular formula is C17H24N2O2. The van der Waals surface area contributed by atoms with E-state index >= 15 is 0 Å². The number of likely N-dealkylation sites (tertiary alicyclic amines) is 1. The lowest BCUT2D eigenvalue weighted by atomic mass is 10.1. The van der Waals surface area contributed by atoms with E-state index in [9.17, 15) is 5.11 Å². The third-order valence-electron chi connectivity index (χ3n) is 4.16. The van der Waals surface area contributed by atoms with Crippen molar-refractivity contribution in [3.8, 4) is 0 Å². The molecule has 0 atom stereocenters. The maximum absolute atomic E-state index is 9.47. The minimum absolute atomic E-state index is 0.0764. The summed E-state index contributed by atoms with van der Waals surface area (Å²) in [4.78, 5) is 2.44. The van der Waals surface area contributed by atoms with Gasteiger partial charge in [-0.1, -0.05) is 18.2 Å². The van der Waals surface area contributed by atoms with Gasteiger partial charge in [0.1, 0.15) is 11.3 Å². The second-order valence-corrected chi connectivity index (χ2v) is 5.85. The van der Waals surface area contributed by atoms with Crippen molar-refractivity contribution in [1.82, 2.24) is 10.2 Å². The Morgan fingerprint density at radius 3 is 2.86 bits per heavy atom. The van der Waals surface area contributed by atoms with Gasteiger partial charge in [0.15, 0.2) is 0 Å². The number of nitrogens with zero attached hydrogens (tertiary/aromatic N) is 1. The van der Waals surface area contributed by atoms with Crippen LogP contribution in [0.2, 0.25) is 0 Å². The SMILES string of the molecule is OC1CCN(CCCNCc2cc3ccccc3o2)CC1. The molecule has 0 saturated carbocycles. The number of aliphatic hydroxyl groups is 1. The van der Waals surface area contributed by atoms with E-state index < -0.39 is 0 Å². The zero-order valence-electron chi connectivity index (χ0n) is 12.4. The first-order valence-corrected chi connectivity index (χ1v) is 7.90. The molecule has 1 aliphatic rings. The average molecular weight is 288 g/mol. The number of hydrogen-bond acceptors (Lipinski definition) is 4. The van der Waals surface area contributed by atoms with Gasteiger partial charge in [0.2, 0.25) is 0 Å². The summed E-state index contributed by atoms with van der Waals surface area (Å²) in [5, 5.41) is 14.1. The topological polar surface area (TPSA) is 48.6 Å². The van der Waals surface area contributed by atoms with Crippen LogP contribution in [0.25, 0.3) is 11.0 Å². The normalized spacial score (nSPS) is 17.6. The lowest BCUT2D eigenvalue weighted by Crippen LogP contribution is -2.37. The molecule has 1 aliphatic heterocycles. The van der Waals surface area contributed by atoms with Gasteiger partial charge in [-0.3, -0.25) is 0 Å². The first-order chi connectivity index (χ1) is 10.3. The maximum atomic E-state index is 9.47. The Labute approximate surface area is 125 Å². The van der Waals surface area contributed by atoms with Gasteiger partial charge in [-0.2, -0.15) is 0 Å². The Balaban J connectivity index is 1.34. The van der Waals surface area contributed by atoms with E-state index in [4.69, 9.17) is 4.42 Å². The van der Waals surface area contributed by atoms with Crippen molar-refractivity contribution in [3.05, 3.63) is 36.1 Å². The molecule has 2 aromatic rings. The van der Waals surface area contributed by atoms with E-state index in [2.05, 4.69) is 22.3 Å². The molecule has 3 rings (SSSR count). The number of aliphatic hydroxyl groups excluding tert-OH is 1. The molecule has 2 N–H and O–H groups in total. The van der Waals surface area contributed by atoms with Gasteiger partial charge in [0.25, 0.3) is 0 Å². The van der Waals surface area contributed by atoms with Crippen LogP contribution in [-0.2, 0) is 6.54 Å². The molecule has 0 spiro atoms. The highest BCUT2D eigenvalue weighted by Gasteiger charge is 2.15. The predicted octanol–water partition coefficient (Wildman–Crippen LogP) is 2.37. The van der Waals surface area contributed by atoms with Crippen LogP contribution in [0.1, 0.15) is 25.0 Å². The summed E-state index contributed by atoms with van der Waals surface area (Å²) in [6, 6.07) is 10.2. The van der Waals surface area contributed by atoms with Gasteiger partial charge >= 0.3 is 0 Å². The molecule has 1 fully saturated rings. The summed E-state index contributed by atoms with van der Waals surface area (Å²) in [7, 11) is 0. The third kappa shape index (κ3) is 4.06. The average Bonchev–Trinajstić information content (AvgIpc) is 2.91. The van der Waals surface area contributed by atoms with Crippen molar-refractivity contribution in [1.29, 1.82) is 0 Å². The fraction of sp³-hybridized carbons (Fsp3) is 0.529. The summed E-state index contributed by atoms with van der Waals surface area (Å²) in [6.07, 6.45) is 2.90. The molecule has 2 heterocycles. The number of hydrogen-bond donors (Lipinski definition) is 2. The fourth-order valence-corrected chi connectivity index (χ4v) is 2.91. The smallest absolute Gasteiger partial charge is 0.134 e. The van der Waals surface area contributed by atoms with Gasteiger partial charge in [0, 0.05) is 18.5 Å². The fourth-order valence-electron chi connectivity index (χ4n) is 2.91. The van der Waals surface area contributed by atoms with E-state index in [0.29, 0.717) is 0 Å². The number of furan rings is 1. The minimum Gasteiger partial charge on any atom is -0.460 e. The first-order valence-electron chi connectivity index (χ1n) is 7.90.